The first-order chi connectivity index (χ1) is 12.6. The number of hydrogen-bond acceptors (Lipinski definition) is 6. The van der Waals surface area contributed by atoms with E-state index in [0.717, 1.165) is 0 Å². The maximum Gasteiger partial charge on any atom is 0.471 e. The molecule has 156 valence electrons. The van der Waals surface area contributed by atoms with Gasteiger partial charge in [-0.3, -0.25) is 4.79 Å². The van der Waals surface area contributed by atoms with Gasteiger partial charge in [0.05, 0.1) is 24.9 Å². The van der Waals surface area contributed by atoms with Gasteiger partial charge in [0, 0.05) is 18.7 Å². The number of esters is 1. The van der Waals surface area contributed by atoms with Gasteiger partial charge in [-0.15, -0.1) is 0 Å². The number of rotatable bonds is 9. The summed E-state index contributed by atoms with van der Waals surface area (Å²) in [6.45, 7) is 3.98. The van der Waals surface area contributed by atoms with Crippen molar-refractivity contribution in [3.63, 3.8) is 0 Å². The number of amides is 1. The molecule has 0 saturated carbocycles. The highest BCUT2D eigenvalue weighted by molar-refractivity contribution is 5.89. The summed E-state index contributed by atoms with van der Waals surface area (Å²) in [5.41, 5.74) is 6.17. The molecule has 1 amide bonds. The average Bonchev–Trinajstić information content (AvgIpc) is 2.60. The SMILES string of the molecule is CCC(CC)O[C@@H]1C=C(C(=O)OCCOC)C[C@H](N)[C@H]1NC(=O)C(F)(F)F. The zero-order chi connectivity index (χ0) is 20.6. The summed E-state index contributed by atoms with van der Waals surface area (Å²) < 4.78 is 53.6. The zero-order valence-electron chi connectivity index (χ0n) is 15.7. The molecule has 0 heterocycles. The Kier molecular flexibility index (Phi) is 9.20. The maximum absolute atomic E-state index is 12.6. The fourth-order valence-electron chi connectivity index (χ4n) is 2.71. The van der Waals surface area contributed by atoms with Gasteiger partial charge in [-0.05, 0) is 25.3 Å². The van der Waals surface area contributed by atoms with Crippen LogP contribution < -0.4 is 11.1 Å². The van der Waals surface area contributed by atoms with Gasteiger partial charge in [0.2, 0.25) is 0 Å². The van der Waals surface area contributed by atoms with Crippen molar-refractivity contribution in [1.82, 2.24) is 5.32 Å². The van der Waals surface area contributed by atoms with E-state index in [1.54, 1.807) is 0 Å². The van der Waals surface area contributed by atoms with Crippen LogP contribution in [0.2, 0.25) is 0 Å². The van der Waals surface area contributed by atoms with Gasteiger partial charge in [-0.25, -0.2) is 4.79 Å². The van der Waals surface area contributed by atoms with Gasteiger partial charge in [0.25, 0.3) is 0 Å². The van der Waals surface area contributed by atoms with Gasteiger partial charge in [-0.2, -0.15) is 13.2 Å². The Morgan fingerprint density at radius 2 is 1.93 bits per heavy atom. The average molecular weight is 396 g/mol. The van der Waals surface area contributed by atoms with E-state index in [9.17, 15) is 22.8 Å². The van der Waals surface area contributed by atoms with Crippen molar-refractivity contribution in [2.45, 2.75) is 63.6 Å². The van der Waals surface area contributed by atoms with Crippen molar-refractivity contribution in [1.29, 1.82) is 0 Å². The maximum atomic E-state index is 12.6. The largest absolute Gasteiger partial charge is 0.471 e. The molecule has 0 aromatic carbocycles. The van der Waals surface area contributed by atoms with Crippen molar-refractivity contribution in [3.8, 4) is 0 Å². The molecule has 0 spiro atoms. The monoisotopic (exact) mass is 396 g/mol. The molecule has 3 N–H and O–H groups in total. The predicted octanol–water partition coefficient (Wildman–Crippen LogP) is 1.45. The number of nitrogens with one attached hydrogen (secondary N) is 1. The lowest BCUT2D eigenvalue weighted by Gasteiger charge is -2.36. The Balaban J connectivity index is 3.01. The quantitative estimate of drug-likeness (QED) is 0.452. The zero-order valence-corrected chi connectivity index (χ0v) is 15.7. The molecule has 0 unspecified atom stereocenters. The van der Waals surface area contributed by atoms with E-state index in [1.807, 2.05) is 19.2 Å². The molecule has 10 heteroatoms. The van der Waals surface area contributed by atoms with Crippen molar-refractivity contribution < 1.29 is 37.0 Å². The fourth-order valence-corrected chi connectivity index (χ4v) is 2.71. The second kappa shape index (κ2) is 10.6. The van der Waals surface area contributed by atoms with Gasteiger partial charge in [-0.1, -0.05) is 13.8 Å². The molecule has 3 atom stereocenters. The normalized spacial score (nSPS) is 23.1. The van der Waals surface area contributed by atoms with Crippen LogP contribution in [-0.4, -0.2) is 62.7 Å². The number of halogens is 3. The van der Waals surface area contributed by atoms with Gasteiger partial charge in [0.1, 0.15) is 6.61 Å². The number of carbonyl (C=O) groups is 2. The molecule has 1 aliphatic rings. The Morgan fingerprint density at radius 3 is 2.44 bits per heavy atom. The van der Waals surface area contributed by atoms with E-state index in [1.165, 1.54) is 13.2 Å². The number of methoxy groups -OCH3 is 1. The first-order valence-electron chi connectivity index (χ1n) is 8.79. The molecular formula is C17H27F3N2O5. The number of nitrogens with two attached hydrogens (primary N) is 1. The van der Waals surface area contributed by atoms with Gasteiger partial charge >= 0.3 is 18.1 Å². The van der Waals surface area contributed by atoms with Crippen LogP contribution in [0.3, 0.4) is 0 Å². The third-order valence-electron chi connectivity index (χ3n) is 4.23. The van der Waals surface area contributed by atoms with E-state index >= 15 is 0 Å². The molecule has 27 heavy (non-hydrogen) atoms. The summed E-state index contributed by atoms with van der Waals surface area (Å²) >= 11 is 0. The number of carbonyl (C=O) groups excluding carboxylic acids is 2. The summed E-state index contributed by atoms with van der Waals surface area (Å²) in [5, 5.41) is 1.89. The lowest BCUT2D eigenvalue weighted by molar-refractivity contribution is -0.175. The van der Waals surface area contributed by atoms with E-state index in [2.05, 4.69) is 0 Å². The first-order valence-corrected chi connectivity index (χ1v) is 8.79. The highest BCUT2D eigenvalue weighted by Gasteiger charge is 2.44. The second-order valence-corrected chi connectivity index (χ2v) is 6.22. The minimum absolute atomic E-state index is 0.0359. The van der Waals surface area contributed by atoms with Crippen LogP contribution in [0, 0.1) is 0 Å². The number of hydrogen-bond donors (Lipinski definition) is 2. The van der Waals surface area contributed by atoms with Crippen molar-refractivity contribution in [2.24, 2.45) is 5.73 Å². The molecule has 1 aliphatic carbocycles. The second-order valence-electron chi connectivity index (χ2n) is 6.22. The highest BCUT2D eigenvalue weighted by Crippen LogP contribution is 2.25. The lowest BCUT2D eigenvalue weighted by Crippen LogP contribution is -2.59. The molecule has 0 aliphatic heterocycles. The minimum Gasteiger partial charge on any atom is -0.460 e. The van der Waals surface area contributed by atoms with Gasteiger partial charge < -0.3 is 25.3 Å². The van der Waals surface area contributed by atoms with E-state index in [-0.39, 0.29) is 31.3 Å². The molecule has 1 rings (SSSR count). The van der Waals surface area contributed by atoms with Crippen LogP contribution in [0.5, 0.6) is 0 Å². The van der Waals surface area contributed by atoms with Crippen LogP contribution in [0.1, 0.15) is 33.1 Å². The van der Waals surface area contributed by atoms with Crippen LogP contribution >= 0.6 is 0 Å². The summed E-state index contributed by atoms with van der Waals surface area (Å²) in [7, 11) is 1.46. The smallest absolute Gasteiger partial charge is 0.460 e. The van der Waals surface area contributed by atoms with Crippen LogP contribution in [0.4, 0.5) is 13.2 Å². The van der Waals surface area contributed by atoms with Crippen molar-refractivity contribution >= 4 is 11.9 Å². The predicted molar refractivity (Wildman–Crippen MR) is 90.7 cm³/mol. The van der Waals surface area contributed by atoms with Crippen molar-refractivity contribution in [3.05, 3.63) is 11.6 Å². The van der Waals surface area contributed by atoms with Crippen LogP contribution in [-0.2, 0) is 23.8 Å². The molecule has 0 saturated heterocycles. The number of ether oxygens (including phenoxy) is 3. The summed E-state index contributed by atoms with van der Waals surface area (Å²) in [5.74, 6) is -2.73. The standard InChI is InChI=1S/C17H27F3N2O5/c1-4-11(5-2)27-13-9-10(15(23)26-7-6-25-3)8-12(21)14(13)22-16(24)17(18,19)20/h9,11-14H,4-8,21H2,1-3H3,(H,22,24)/t12-,13+,14+/m0/s1. The van der Waals surface area contributed by atoms with Crippen LogP contribution in [0.25, 0.3) is 0 Å². The molecule has 0 fully saturated rings. The van der Waals surface area contributed by atoms with Crippen molar-refractivity contribution in [2.75, 3.05) is 20.3 Å². The van der Waals surface area contributed by atoms with E-state index in [4.69, 9.17) is 19.9 Å². The van der Waals surface area contributed by atoms with E-state index in [0.29, 0.717) is 12.8 Å². The first kappa shape index (κ1) is 23.4. The molecule has 0 bridgehead atoms. The summed E-state index contributed by atoms with van der Waals surface area (Å²) in [6.07, 6.45) is -3.70. The highest BCUT2D eigenvalue weighted by atomic mass is 19.4. The Bertz CT molecular complexity index is 535. The third-order valence-corrected chi connectivity index (χ3v) is 4.23. The van der Waals surface area contributed by atoms with Crippen LogP contribution in [0.15, 0.2) is 11.6 Å². The van der Waals surface area contributed by atoms with E-state index < -0.39 is 36.2 Å². The summed E-state index contributed by atoms with van der Waals surface area (Å²) in [6, 6.07) is -2.05. The molecule has 0 aromatic heterocycles. The lowest BCUT2D eigenvalue weighted by atomic mass is 9.88. The number of alkyl halides is 3. The molecular weight excluding hydrogens is 369 g/mol. The molecule has 0 radical (unpaired) electrons. The molecule has 0 aromatic rings. The topological polar surface area (TPSA) is 99.9 Å². The Labute approximate surface area is 156 Å². The summed E-state index contributed by atoms with van der Waals surface area (Å²) in [4.78, 5) is 23.5. The molecule has 7 nitrogen and oxygen atoms in total. The Morgan fingerprint density at radius 1 is 1.30 bits per heavy atom. The minimum atomic E-state index is -5.04. The van der Waals surface area contributed by atoms with Gasteiger partial charge in [0.15, 0.2) is 0 Å². The fraction of sp³-hybridized carbons (Fsp3) is 0.765. The third kappa shape index (κ3) is 7.11. The Hall–Kier alpha value is -1.65.